The number of anilines is 2. The number of hydrogen-bond acceptors (Lipinski definition) is 1. The van der Waals surface area contributed by atoms with Crippen LogP contribution in [0.2, 0.25) is 0 Å². The molecule has 1 aliphatic rings. The molecule has 8 rings (SSSR count). The summed E-state index contributed by atoms with van der Waals surface area (Å²) in [7, 11) is 2.13. The van der Waals surface area contributed by atoms with Crippen LogP contribution < -0.4 is 20.1 Å². The summed E-state index contributed by atoms with van der Waals surface area (Å²) in [6.07, 6.45) is 0. The smallest absolute Gasteiger partial charge is 0.213 e. The Morgan fingerprint density at radius 2 is 1.29 bits per heavy atom. The van der Waals surface area contributed by atoms with E-state index >= 15 is 0 Å². The molecule has 0 saturated carbocycles. The summed E-state index contributed by atoms with van der Waals surface area (Å²) in [5, 5.41) is 5.11. The highest BCUT2D eigenvalue weighted by atomic mass is 15.1. The zero-order valence-corrected chi connectivity index (χ0v) is 26.0. The fourth-order valence-electron chi connectivity index (χ4n) is 7.25. The van der Waals surface area contributed by atoms with Gasteiger partial charge < -0.3 is 9.47 Å². The molecule has 2 heterocycles. The van der Waals surface area contributed by atoms with Crippen LogP contribution in [0.5, 0.6) is 0 Å². The standard InChI is InChI=1S/C42H36N3/c1-4-44-38-17-11-9-15-34(38)36-27-30(21-25-40(36)44)42(29-19-23-33(24-20-29)43(3)32-13-7-6-8-14-32)31-22-26-41-37(28-31)35-16-10-12-18-39(35)45(41)5-2/h6-28H,4-5H2,1-3H3/q+1. The van der Waals surface area contributed by atoms with Crippen molar-refractivity contribution >= 4 is 44.4 Å². The van der Waals surface area contributed by atoms with Gasteiger partial charge in [-0.2, -0.15) is 4.58 Å². The van der Waals surface area contributed by atoms with Crippen molar-refractivity contribution in [1.29, 1.82) is 0 Å². The lowest BCUT2D eigenvalue weighted by Gasteiger charge is -2.20. The normalized spacial score (nSPS) is 12.8. The average molecular weight is 583 g/mol. The van der Waals surface area contributed by atoms with Gasteiger partial charge in [0.2, 0.25) is 11.0 Å². The zero-order valence-electron chi connectivity index (χ0n) is 26.0. The van der Waals surface area contributed by atoms with E-state index in [0.717, 1.165) is 18.8 Å². The minimum atomic E-state index is 0.939. The van der Waals surface area contributed by atoms with Crippen molar-refractivity contribution in [3.63, 3.8) is 0 Å². The lowest BCUT2D eigenvalue weighted by atomic mass is 9.92. The third-order valence-electron chi connectivity index (χ3n) is 9.44. The molecule has 0 N–H and O–H groups in total. The Labute approximate surface area is 264 Å². The molecule has 218 valence electrons. The van der Waals surface area contributed by atoms with Gasteiger partial charge in [-0.25, -0.2) is 0 Å². The molecule has 1 aromatic heterocycles. The van der Waals surface area contributed by atoms with Gasteiger partial charge in [0.1, 0.15) is 6.54 Å². The molecular weight excluding hydrogens is 546 g/mol. The predicted octanol–water partition coefficient (Wildman–Crippen LogP) is 8.65. The van der Waals surface area contributed by atoms with Crippen molar-refractivity contribution in [1.82, 2.24) is 9.14 Å². The summed E-state index contributed by atoms with van der Waals surface area (Å²) in [4.78, 5) is 2.24. The maximum absolute atomic E-state index is 2.42. The van der Waals surface area contributed by atoms with E-state index in [0.29, 0.717) is 0 Å². The Morgan fingerprint density at radius 1 is 0.600 bits per heavy atom. The molecule has 0 spiro atoms. The number of rotatable bonds is 6. The quantitative estimate of drug-likeness (QED) is 0.179. The summed E-state index contributed by atoms with van der Waals surface area (Å²) in [5.41, 5.74) is 12.5. The van der Waals surface area contributed by atoms with Crippen LogP contribution in [0.25, 0.3) is 38.5 Å². The first-order valence-corrected chi connectivity index (χ1v) is 15.9. The molecule has 45 heavy (non-hydrogen) atoms. The summed E-state index contributed by atoms with van der Waals surface area (Å²) in [6.45, 7) is 6.34. The first-order chi connectivity index (χ1) is 22.2. The largest absolute Gasteiger partial charge is 0.345 e. The number of hydrogen-bond donors (Lipinski definition) is 0. The molecule has 0 fully saturated rings. The van der Waals surface area contributed by atoms with Gasteiger partial charge in [-0.1, -0.05) is 66.7 Å². The molecule has 0 radical (unpaired) electrons. The van der Waals surface area contributed by atoms with Crippen molar-refractivity contribution in [3.8, 4) is 11.1 Å². The third-order valence-corrected chi connectivity index (χ3v) is 9.44. The van der Waals surface area contributed by atoms with Crippen LogP contribution in [0, 0.1) is 0 Å². The Kier molecular flexibility index (Phi) is 6.60. The number of benzene rings is 6. The van der Waals surface area contributed by atoms with Gasteiger partial charge in [-0.3, -0.25) is 0 Å². The summed E-state index contributed by atoms with van der Waals surface area (Å²) >= 11 is 0. The summed E-state index contributed by atoms with van der Waals surface area (Å²) in [5.74, 6) is 0. The van der Waals surface area contributed by atoms with E-state index in [2.05, 4.69) is 174 Å². The number of aryl methyl sites for hydroxylation is 1. The monoisotopic (exact) mass is 582 g/mol. The van der Waals surface area contributed by atoms with E-state index in [1.165, 1.54) is 71.6 Å². The summed E-state index contributed by atoms with van der Waals surface area (Å²) in [6, 6.07) is 51.2. The molecule has 0 amide bonds. The molecule has 1 aliphatic heterocycles. The van der Waals surface area contributed by atoms with E-state index in [-0.39, 0.29) is 0 Å². The molecule has 0 saturated heterocycles. The van der Waals surface area contributed by atoms with E-state index in [9.17, 15) is 0 Å². The molecule has 0 unspecified atom stereocenters. The molecule has 0 aliphatic carbocycles. The van der Waals surface area contributed by atoms with Gasteiger partial charge in [-0.15, -0.1) is 0 Å². The van der Waals surface area contributed by atoms with Gasteiger partial charge in [-0.05, 0) is 96.4 Å². The van der Waals surface area contributed by atoms with E-state index in [4.69, 9.17) is 0 Å². The summed E-state index contributed by atoms with van der Waals surface area (Å²) < 4.78 is 4.85. The number of para-hydroxylation sites is 3. The highest BCUT2D eigenvalue weighted by Crippen LogP contribution is 2.34. The Morgan fingerprint density at radius 3 is 2.09 bits per heavy atom. The molecular formula is C42H36N3+. The zero-order chi connectivity index (χ0) is 30.5. The first-order valence-electron chi connectivity index (χ1n) is 15.9. The van der Waals surface area contributed by atoms with Crippen LogP contribution in [0.1, 0.15) is 25.0 Å². The second-order valence-corrected chi connectivity index (χ2v) is 11.8. The fourth-order valence-corrected chi connectivity index (χ4v) is 7.25. The SMILES string of the molecule is CCn1c2ccccc2c2cc(C(c3ccc(N(C)c4ccccc4)cc3)=c3ccc4c(c3)-c3ccccc3[N+]=4CC)ccc21. The number of aromatic nitrogens is 1. The Balaban J connectivity index is 1.37. The van der Waals surface area contributed by atoms with Crippen molar-refractivity contribution in [3.05, 3.63) is 161 Å². The van der Waals surface area contributed by atoms with Gasteiger partial charge in [0.05, 0.1) is 11.1 Å². The average Bonchev–Trinajstić information content (AvgIpc) is 3.60. The van der Waals surface area contributed by atoms with Crippen LogP contribution in [0.3, 0.4) is 0 Å². The van der Waals surface area contributed by atoms with E-state index in [1.807, 2.05) is 0 Å². The lowest BCUT2D eigenvalue weighted by Crippen LogP contribution is -2.24. The molecule has 0 bridgehead atoms. The van der Waals surface area contributed by atoms with Gasteiger partial charge >= 0.3 is 0 Å². The minimum absolute atomic E-state index is 0.939. The maximum atomic E-state index is 2.42. The minimum Gasteiger partial charge on any atom is -0.345 e. The molecule has 3 nitrogen and oxygen atoms in total. The second-order valence-electron chi connectivity index (χ2n) is 11.8. The molecule has 7 aromatic rings. The van der Waals surface area contributed by atoms with Crippen molar-refractivity contribution < 1.29 is 0 Å². The van der Waals surface area contributed by atoms with Crippen molar-refractivity contribution in [2.45, 2.75) is 20.4 Å². The van der Waals surface area contributed by atoms with Gasteiger partial charge in [0, 0.05) is 58.9 Å². The fraction of sp³-hybridized carbons (Fsp3) is 0.119. The number of fused-ring (bicyclic) bond motifs is 6. The van der Waals surface area contributed by atoms with Gasteiger partial charge in [0.25, 0.3) is 0 Å². The van der Waals surface area contributed by atoms with Crippen LogP contribution in [-0.4, -0.2) is 18.2 Å². The molecule has 3 heteroatoms. The highest BCUT2D eigenvalue weighted by molar-refractivity contribution is 6.09. The first kappa shape index (κ1) is 27.2. The predicted molar refractivity (Wildman–Crippen MR) is 190 cm³/mol. The molecule has 0 atom stereocenters. The topological polar surface area (TPSA) is 11.2 Å². The van der Waals surface area contributed by atoms with Gasteiger partial charge in [0.15, 0.2) is 0 Å². The van der Waals surface area contributed by atoms with Crippen molar-refractivity contribution in [2.75, 3.05) is 18.5 Å². The van der Waals surface area contributed by atoms with Crippen LogP contribution >= 0.6 is 0 Å². The Bertz CT molecular complexity index is 2340. The van der Waals surface area contributed by atoms with E-state index < -0.39 is 0 Å². The third kappa shape index (κ3) is 4.38. The van der Waals surface area contributed by atoms with E-state index in [1.54, 1.807) is 0 Å². The maximum Gasteiger partial charge on any atom is 0.213 e. The second kappa shape index (κ2) is 10.9. The lowest BCUT2D eigenvalue weighted by molar-refractivity contribution is 0.788. The van der Waals surface area contributed by atoms with Crippen LogP contribution in [0.4, 0.5) is 17.1 Å². The van der Waals surface area contributed by atoms with Crippen LogP contribution in [0.15, 0.2) is 140 Å². The number of nitrogens with zero attached hydrogens (tertiary/aromatic N) is 3. The van der Waals surface area contributed by atoms with Crippen molar-refractivity contribution in [2.24, 2.45) is 0 Å². The Hall–Kier alpha value is -5.41. The highest BCUT2D eigenvalue weighted by Gasteiger charge is 2.26. The molecule has 6 aromatic carbocycles. The van der Waals surface area contributed by atoms with Crippen LogP contribution in [-0.2, 0) is 6.54 Å².